The Bertz CT molecular complexity index is 570. The van der Waals surface area contributed by atoms with E-state index in [9.17, 15) is 4.39 Å². The molecule has 0 atom stereocenters. The molecule has 0 aromatic heterocycles. The smallest absolute Gasteiger partial charge is 0.141 e. The van der Waals surface area contributed by atoms with E-state index in [4.69, 9.17) is 5.26 Å². The van der Waals surface area contributed by atoms with Gasteiger partial charge in [0.05, 0.1) is 5.56 Å². The summed E-state index contributed by atoms with van der Waals surface area (Å²) in [5.41, 5.74) is 1.81. The van der Waals surface area contributed by atoms with E-state index in [1.165, 1.54) is 17.0 Å². The molecule has 0 amide bonds. The summed E-state index contributed by atoms with van der Waals surface area (Å²) < 4.78 is 13.5. The fourth-order valence-electron chi connectivity index (χ4n) is 1.57. The molecule has 0 fully saturated rings. The van der Waals surface area contributed by atoms with E-state index >= 15 is 0 Å². The maximum Gasteiger partial charge on any atom is 0.141 e. The van der Waals surface area contributed by atoms with Gasteiger partial charge >= 0.3 is 0 Å². The molecule has 0 unspecified atom stereocenters. The Morgan fingerprint density at radius 2 is 1.71 bits per heavy atom. The van der Waals surface area contributed by atoms with Gasteiger partial charge in [-0.3, -0.25) is 0 Å². The zero-order valence-corrected chi connectivity index (χ0v) is 10.1. The van der Waals surface area contributed by atoms with Gasteiger partial charge < -0.3 is 0 Å². The van der Waals surface area contributed by atoms with E-state index in [1.807, 2.05) is 36.6 Å². The molecule has 0 heterocycles. The number of thioether (sulfide) groups is 1. The van der Waals surface area contributed by atoms with Gasteiger partial charge in [0.2, 0.25) is 0 Å². The topological polar surface area (TPSA) is 23.8 Å². The van der Waals surface area contributed by atoms with Crippen molar-refractivity contribution < 1.29 is 4.39 Å². The second-order valence-electron chi connectivity index (χ2n) is 3.53. The van der Waals surface area contributed by atoms with Gasteiger partial charge in [-0.05, 0) is 41.6 Å². The largest absolute Gasteiger partial charge is 0.206 e. The van der Waals surface area contributed by atoms with Crippen LogP contribution in [0.3, 0.4) is 0 Å². The molecular weight excluding hydrogens is 233 g/mol. The van der Waals surface area contributed by atoms with Crippen molar-refractivity contribution in [2.24, 2.45) is 0 Å². The molecule has 0 aliphatic rings. The lowest BCUT2D eigenvalue weighted by Gasteiger charge is -2.03. The van der Waals surface area contributed by atoms with Crippen LogP contribution in [0.1, 0.15) is 5.56 Å². The third kappa shape index (κ3) is 2.48. The van der Waals surface area contributed by atoms with Crippen LogP contribution in [0.2, 0.25) is 0 Å². The molecule has 0 saturated carbocycles. The normalized spacial score (nSPS) is 9.94. The molecule has 1 nitrogen and oxygen atoms in total. The number of halogens is 1. The van der Waals surface area contributed by atoms with Crippen molar-refractivity contribution in [3.63, 3.8) is 0 Å². The Kier molecular flexibility index (Phi) is 3.46. The van der Waals surface area contributed by atoms with Crippen molar-refractivity contribution in [1.29, 1.82) is 5.26 Å². The van der Waals surface area contributed by atoms with Gasteiger partial charge in [-0.1, -0.05) is 18.2 Å². The molecule has 0 spiro atoms. The molecule has 0 aliphatic carbocycles. The van der Waals surface area contributed by atoms with Crippen molar-refractivity contribution >= 4 is 11.8 Å². The highest BCUT2D eigenvalue weighted by atomic mass is 32.2. The van der Waals surface area contributed by atoms with E-state index < -0.39 is 5.82 Å². The van der Waals surface area contributed by atoms with Gasteiger partial charge in [0.15, 0.2) is 0 Å². The molecule has 0 aliphatic heterocycles. The Balaban J connectivity index is 2.40. The van der Waals surface area contributed by atoms with Crippen LogP contribution < -0.4 is 0 Å². The molecule has 2 aromatic carbocycles. The Labute approximate surface area is 104 Å². The minimum atomic E-state index is -0.473. The summed E-state index contributed by atoms with van der Waals surface area (Å²) in [6.07, 6.45) is 2.01. The SMILES string of the molecule is CSc1ccc(-c2ccc(C#N)c(F)c2)cc1. The second-order valence-corrected chi connectivity index (χ2v) is 4.41. The first-order chi connectivity index (χ1) is 8.24. The molecule has 2 aromatic rings. The fraction of sp³-hybridized carbons (Fsp3) is 0.0714. The summed E-state index contributed by atoms with van der Waals surface area (Å²) in [4.78, 5) is 1.17. The number of hydrogen-bond acceptors (Lipinski definition) is 2. The van der Waals surface area contributed by atoms with Crippen LogP contribution in [0.5, 0.6) is 0 Å². The first-order valence-electron chi connectivity index (χ1n) is 5.08. The van der Waals surface area contributed by atoms with Crippen LogP contribution in [-0.4, -0.2) is 6.26 Å². The molecular formula is C14H10FNS. The molecule has 0 N–H and O–H groups in total. The summed E-state index contributed by atoms with van der Waals surface area (Å²) in [7, 11) is 0. The highest BCUT2D eigenvalue weighted by molar-refractivity contribution is 7.98. The highest BCUT2D eigenvalue weighted by Crippen LogP contribution is 2.24. The predicted octanol–water partition coefficient (Wildman–Crippen LogP) is 4.09. The van der Waals surface area contributed by atoms with Gasteiger partial charge in [0, 0.05) is 4.90 Å². The van der Waals surface area contributed by atoms with Crippen molar-refractivity contribution in [3.8, 4) is 17.2 Å². The minimum absolute atomic E-state index is 0.0782. The van der Waals surface area contributed by atoms with Crippen LogP contribution in [0.25, 0.3) is 11.1 Å². The molecule has 0 bridgehead atoms. The van der Waals surface area contributed by atoms with Gasteiger partial charge in [-0.25, -0.2) is 4.39 Å². The summed E-state index contributed by atoms with van der Waals surface area (Å²) in [6.45, 7) is 0. The Hall–Kier alpha value is -1.79. The van der Waals surface area contributed by atoms with E-state index in [1.54, 1.807) is 17.8 Å². The fourth-order valence-corrected chi connectivity index (χ4v) is 1.98. The standard InChI is InChI=1S/C14H10FNS/c1-17-13-6-4-10(5-7-13)11-2-3-12(9-16)14(15)8-11/h2-8H,1H3. The predicted molar refractivity (Wildman–Crippen MR) is 68.3 cm³/mol. The lowest BCUT2D eigenvalue weighted by atomic mass is 10.0. The zero-order chi connectivity index (χ0) is 12.3. The van der Waals surface area contributed by atoms with E-state index in [-0.39, 0.29) is 5.56 Å². The van der Waals surface area contributed by atoms with Crippen LogP contribution in [0.4, 0.5) is 4.39 Å². The number of benzene rings is 2. The van der Waals surface area contributed by atoms with Crippen molar-refractivity contribution in [2.75, 3.05) is 6.26 Å². The third-order valence-corrected chi connectivity index (χ3v) is 3.26. The van der Waals surface area contributed by atoms with Crippen LogP contribution in [0, 0.1) is 17.1 Å². The summed E-state index contributed by atoms with van der Waals surface area (Å²) >= 11 is 1.66. The molecule has 17 heavy (non-hydrogen) atoms. The van der Waals surface area contributed by atoms with Gasteiger partial charge in [0.25, 0.3) is 0 Å². The van der Waals surface area contributed by atoms with Crippen molar-refractivity contribution in [1.82, 2.24) is 0 Å². The van der Waals surface area contributed by atoms with Crippen molar-refractivity contribution in [3.05, 3.63) is 53.8 Å². The molecule has 0 radical (unpaired) electrons. The van der Waals surface area contributed by atoms with Gasteiger partial charge in [-0.15, -0.1) is 11.8 Å². The molecule has 2 rings (SSSR count). The summed E-state index contributed by atoms with van der Waals surface area (Å²) in [6, 6.07) is 14.4. The van der Waals surface area contributed by atoms with E-state index in [0.717, 1.165) is 11.1 Å². The summed E-state index contributed by atoms with van der Waals surface area (Å²) in [5.74, 6) is -0.473. The lowest BCUT2D eigenvalue weighted by molar-refractivity contribution is 0.624. The molecule has 0 saturated heterocycles. The van der Waals surface area contributed by atoms with Crippen LogP contribution in [-0.2, 0) is 0 Å². The molecule has 3 heteroatoms. The van der Waals surface area contributed by atoms with Gasteiger partial charge in [-0.2, -0.15) is 5.26 Å². The highest BCUT2D eigenvalue weighted by Gasteiger charge is 2.04. The van der Waals surface area contributed by atoms with Crippen molar-refractivity contribution in [2.45, 2.75) is 4.90 Å². The number of nitrogens with zero attached hydrogens (tertiary/aromatic N) is 1. The minimum Gasteiger partial charge on any atom is -0.206 e. The average molecular weight is 243 g/mol. The lowest BCUT2D eigenvalue weighted by Crippen LogP contribution is -1.85. The summed E-state index contributed by atoms with van der Waals surface area (Å²) in [5, 5.41) is 8.66. The number of rotatable bonds is 2. The van der Waals surface area contributed by atoms with Crippen LogP contribution >= 0.6 is 11.8 Å². The Morgan fingerprint density at radius 3 is 2.24 bits per heavy atom. The van der Waals surface area contributed by atoms with E-state index in [2.05, 4.69) is 0 Å². The zero-order valence-electron chi connectivity index (χ0n) is 9.27. The first kappa shape index (κ1) is 11.7. The molecule has 84 valence electrons. The Morgan fingerprint density at radius 1 is 1.06 bits per heavy atom. The second kappa shape index (κ2) is 5.03. The average Bonchev–Trinajstić information content (AvgIpc) is 2.39. The van der Waals surface area contributed by atoms with Crippen LogP contribution in [0.15, 0.2) is 47.4 Å². The maximum absolute atomic E-state index is 13.5. The monoisotopic (exact) mass is 243 g/mol. The quantitative estimate of drug-likeness (QED) is 0.742. The number of hydrogen-bond donors (Lipinski definition) is 0. The third-order valence-electron chi connectivity index (χ3n) is 2.51. The van der Waals surface area contributed by atoms with Gasteiger partial charge in [0.1, 0.15) is 11.9 Å². The van der Waals surface area contributed by atoms with E-state index in [0.29, 0.717) is 0 Å². The maximum atomic E-state index is 13.5. The first-order valence-corrected chi connectivity index (χ1v) is 6.31. The number of nitriles is 1.